The van der Waals surface area contributed by atoms with Crippen molar-refractivity contribution in [3.63, 3.8) is 0 Å². The number of carbonyl (C=O) groups excluding carboxylic acids is 1. The molecular formula is C11H22N2O. The first-order valence-corrected chi connectivity index (χ1v) is 5.58. The molecule has 0 aromatic heterocycles. The summed E-state index contributed by atoms with van der Waals surface area (Å²) in [5.74, 6) is 0.414. The first kappa shape index (κ1) is 11.5. The molecule has 0 aromatic rings. The Morgan fingerprint density at radius 2 is 2.21 bits per heavy atom. The van der Waals surface area contributed by atoms with Gasteiger partial charge in [-0.15, -0.1) is 0 Å². The normalized spacial score (nSPS) is 22.6. The van der Waals surface area contributed by atoms with Gasteiger partial charge >= 0.3 is 0 Å². The van der Waals surface area contributed by atoms with Crippen molar-refractivity contribution in [3.05, 3.63) is 0 Å². The molecule has 0 heterocycles. The first-order valence-electron chi connectivity index (χ1n) is 5.58. The van der Waals surface area contributed by atoms with Crippen LogP contribution in [0.5, 0.6) is 0 Å². The molecule has 0 saturated heterocycles. The topological polar surface area (TPSA) is 55.1 Å². The van der Waals surface area contributed by atoms with Crippen molar-refractivity contribution in [2.24, 2.45) is 11.7 Å². The van der Waals surface area contributed by atoms with Crippen molar-refractivity contribution in [1.29, 1.82) is 0 Å². The Labute approximate surface area is 86.4 Å². The van der Waals surface area contributed by atoms with Gasteiger partial charge in [-0.1, -0.05) is 13.3 Å². The van der Waals surface area contributed by atoms with Crippen molar-refractivity contribution in [2.45, 2.75) is 58.0 Å². The summed E-state index contributed by atoms with van der Waals surface area (Å²) >= 11 is 0. The van der Waals surface area contributed by atoms with Crippen molar-refractivity contribution < 1.29 is 4.79 Å². The Morgan fingerprint density at radius 3 is 2.64 bits per heavy atom. The van der Waals surface area contributed by atoms with Gasteiger partial charge in [-0.3, -0.25) is 4.79 Å². The molecule has 1 rings (SSSR count). The molecule has 1 fully saturated rings. The summed E-state index contributed by atoms with van der Waals surface area (Å²) in [6, 6.07) is 0.245. The fourth-order valence-corrected chi connectivity index (χ4v) is 1.75. The van der Waals surface area contributed by atoms with E-state index in [4.69, 9.17) is 5.73 Å². The fourth-order valence-electron chi connectivity index (χ4n) is 1.75. The SMILES string of the molecule is CCCC(C)NC(=O)C(C)(N)C1CC1. The van der Waals surface area contributed by atoms with E-state index >= 15 is 0 Å². The zero-order chi connectivity index (χ0) is 10.8. The summed E-state index contributed by atoms with van der Waals surface area (Å²) in [7, 11) is 0. The summed E-state index contributed by atoms with van der Waals surface area (Å²) in [6.07, 6.45) is 4.31. The minimum absolute atomic E-state index is 0.0148. The molecular weight excluding hydrogens is 176 g/mol. The van der Waals surface area contributed by atoms with Gasteiger partial charge < -0.3 is 11.1 Å². The molecule has 3 nitrogen and oxygen atoms in total. The number of nitrogens with two attached hydrogens (primary N) is 1. The number of amides is 1. The van der Waals surface area contributed by atoms with E-state index in [1.54, 1.807) is 0 Å². The number of rotatable bonds is 5. The van der Waals surface area contributed by atoms with Gasteiger partial charge in [0.05, 0.1) is 5.54 Å². The largest absolute Gasteiger partial charge is 0.352 e. The molecule has 3 heteroatoms. The summed E-state index contributed by atoms with van der Waals surface area (Å²) in [5.41, 5.74) is 5.35. The van der Waals surface area contributed by atoms with Crippen LogP contribution in [-0.4, -0.2) is 17.5 Å². The van der Waals surface area contributed by atoms with E-state index in [1.165, 1.54) is 0 Å². The number of carbonyl (C=O) groups is 1. The van der Waals surface area contributed by atoms with E-state index in [1.807, 2.05) is 13.8 Å². The average Bonchev–Trinajstić information content (AvgIpc) is 2.86. The lowest BCUT2D eigenvalue weighted by atomic mass is 9.95. The number of nitrogens with one attached hydrogen (secondary N) is 1. The predicted octanol–water partition coefficient (Wildman–Crippen LogP) is 1.42. The Morgan fingerprint density at radius 1 is 1.64 bits per heavy atom. The third-order valence-electron chi connectivity index (χ3n) is 3.01. The minimum Gasteiger partial charge on any atom is -0.352 e. The molecule has 1 saturated carbocycles. The maximum absolute atomic E-state index is 11.8. The van der Waals surface area contributed by atoms with Crippen molar-refractivity contribution in [1.82, 2.24) is 5.32 Å². The molecule has 1 amide bonds. The van der Waals surface area contributed by atoms with Gasteiger partial charge in [-0.05, 0) is 39.0 Å². The molecule has 0 spiro atoms. The van der Waals surface area contributed by atoms with Crippen LogP contribution in [0, 0.1) is 5.92 Å². The van der Waals surface area contributed by atoms with Gasteiger partial charge in [0.25, 0.3) is 0 Å². The van der Waals surface area contributed by atoms with E-state index in [0.29, 0.717) is 5.92 Å². The Balaban J connectivity index is 2.40. The minimum atomic E-state index is -0.651. The van der Waals surface area contributed by atoms with E-state index in [2.05, 4.69) is 12.2 Å². The average molecular weight is 198 g/mol. The van der Waals surface area contributed by atoms with Crippen LogP contribution >= 0.6 is 0 Å². The van der Waals surface area contributed by atoms with Crippen LogP contribution in [0.4, 0.5) is 0 Å². The molecule has 1 aliphatic rings. The summed E-state index contributed by atoms with van der Waals surface area (Å²) in [5, 5.41) is 2.98. The highest BCUT2D eigenvalue weighted by Gasteiger charge is 2.44. The van der Waals surface area contributed by atoms with Gasteiger partial charge in [-0.2, -0.15) is 0 Å². The second-order valence-corrected chi connectivity index (χ2v) is 4.72. The van der Waals surface area contributed by atoms with Crippen molar-refractivity contribution in [2.75, 3.05) is 0 Å². The third kappa shape index (κ3) is 2.71. The standard InChI is InChI=1S/C11H22N2O/c1-4-5-8(2)13-10(14)11(3,12)9-6-7-9/h8-9H,4-7,12H2,1-3H3,(H,13,14). The molecule has 0 aromatic carbocycles. The quantitative estimate of drug-likeness (QED) is 0.702. The van der Waals surface area contributed by atoms with Crippen LogP contribution in [0.25, 0.3) is 0 Å². The van der Waals surface area contributed by atoms with Crippen LogP contribution in [-0.2, 0) is 4.79 Å². The molecule has 82 valence electrons. The van der Waals surface area contributed by atoms with Gasteiger partial charge in [0.1, 0.15) is 0 Å². The van der Waals surface area contributed by atoms with E-state index in [-0.39, 0.29) is 11.9 Å². The van der Waals surface area contributed by atoms with Gasteiger partial charge in [0.2, 0.25) is 5.91 Å². The number of hydrogen-bond acceptors (Lipinski definition) is 2. The second-order valence-electron chi connectivity index (χ2n) is 4.72. The van der Waals surface area contributed by atoms with Crippen molar-refractivity contribution in [3.8, 4) is 0 Å². The molecule has 14 heavy (non-hydrogen) atoms. The van der Waals surface area contributed by atoms with Crippen LogP contribution in [0.2, 0.25) is 0 Å². The van der Waals surface area contributed by atoms with E-state index in [0.717, 1.165) is 25.7 Å². The monoisotopic (exact) mass is 198 g/mol. The molecule has 0 bridgehead atoms. The zero-order valence-corrected chi connectivity index (χ0v) is 9.47. The van der Waals surface area contributed by atoms with E-state index < -0.39 is 5.54 Å². The molecule has 1 aliphatic carbocycles. The lowest BCUT2D eigenvalue weighted by molar-refractivity contribution is -0.127. The van der Waals surface area contributed by atoms with Gasteiger partial charge in [0, 0.05) is 6.04 Å². The Kier molecular flexibility index (Phi) is 3.53. The molecule has 0 aliphatic heterocycles. The number of hydrogen-bond donors (Lipinski definition) is 2. The molecule has 3 N–H and O–H groups in total. The third-order valence-corrected chi connectivity index (χ3v) is 3.01. The van der Waals surface area contributed by atoms with Crippen LogP contribution in [0.1, 0.15) is 46.5 Å². The summed E-state index contributed by atoms with van der Waals surface area (Å²) < 4.78 is 0. The maximum atomic E-state index is 11.8. The predicted molar refractivity (Wildman–Crippen MR) is 57.8 cm³/mol. The highest BCUT2D eigenvalue weighted by atomic mass is 16.2. The first-order chi connectivity index (χ1) is 6.48. The highest BCUT2D eigenvalue weighted by Crippen LogP contribution is 2.38. The molecule has 2 atom stereocenters. The molecule has 2 unspecified atom stereocenters. The Hall–Kier alpha value is -0.570. The van der Waals surface area contributed by atoms with Gasteiger partial charge in [-0.25, -0.2) is 0 Å². The lowest BCUT2D eigenvalue weighted by Crippen LogP contribution is -2.55. The van der Waals surface area contributed by atoms with Crippen LogP contribution in [0.3, 0.4) is 0 Å². The van der Waals surface area contributed by atoms with E-state index in [9.17, 15) is 4.79 Å². The summed E-state index contributed by atoms with van der Waals surface area (Å²) in [6.45, 7) is 5.99. The zero-order valence-electron chi connectivity index (χ0n) is 9.47. The smallest absolute Gasteiger partial charge is 0.240 e. The Bertz CT molecular complexity index is 209. The fraction of sp³-hybridized carbons (Fsp3) is 0.909. The van der Waals surface area contributed by atoms with Crippen LogP contribution in [0.15, 0.2) is 0 Å². The van der Waals surface area contributed by atoms with Crippen molar-refractivity contribution >= 4 is 5.91 Å². The van der Waals surface area contributed by atoms with Gasteiger partial charge in [0.15, 0.2) is 0 Å². The second kappa shape index (κ2) is 4.30. The van der Waals surface area contributed by atoms with Crippen LogP contribution < -0.4 is 11.1 Å². The maximum Gasteiger partial charge on any atom is 0.240 e. The highest BCUT2D eigenvalue weighted by molar-refractivity contribution is 5.86. The molecule has 0 radical (unpaired) electrons. The summed E-state index contributed by atoms with van der Waals surface area (Å²) in [4.78, 5) is 11.8. The lowest BCUT2D eigenvalue weighted by Gasteiger charge is -2.25.